The van der Waals surface area contributed by atoms with E-state index >= 15 is 0 Å². The second-order valence-electron chi connectivity index (χ2n) is 5.84. The van der Waals surface area contributed by atoms with Crippen molar-refractivity contribution in [3.8, 4) is 11.4 Å². The van der Waals surface area contributed by atoms with Crippen LogP contribution >= 0.6 is 0 Å². The van der Waals surface area contributed by atoms with Gasteiger partial charge >= 0.3 is 0 Å². The lowest BCUT2D eigenvalue weighted by Crippen LogP contribution is -2.32. The minimum atomic E-state index is -0.489. The van der Waals surface area contributed by atoms with Crippen LogP contribution in [0.15, 0.2) is 29.1 Å². The van der Waals surface area contributed by atoms with Gasteiger partial charge in [-0.25, -0.2) is 0 Å². The lowest BCUT2D eigenvalue weighted by atomic mass is 10.0. The number of H-pyrrole nitrogens is 1. The molecule has 1 saturated heterocycles. The van der Waals surface area contributed by atoms with Gasteiger partial charge in [-0.05, 0) is 18.9 Å². The first-order valence-corrected chi connectivity index (χ1v) is 8.07. The molecular weight excluding hydrogens is 308 g/mol. The van der Waals surface area contributed by atoms with Crippen molar-refractivity contribution in [2.75, 3.05) is 6.61 Å². The molecule has 2 unspecified atom stereocenters. The molecule has 1 aromatic heterocycles. The van der Waals surface area contributed by atoms with Gasteiger partial charge in [-0.1, -0.05) is 31.2 Å². The Bertz CT molecular complexity index is 798. The quantitative estimate of drug-likeness (QED) is 0.789. The number of rotatable bonds is 6. The number of carbonyl (C=O) groups is 1. The Kier molecular flexibility index (Phi) is 4.71. The van der Waals surface area contributed by atoms with Crippen LogP contribution < -0.4 is 10.9 Å². The van der Waals surface area contributed by atoms with E-state index in [1.165, 1.54) is 0 Å². The molecule has 1 aliphatic rings. The van der Waals surface area contributed by atoms with Gasteiger partial charge in [0.2, 0.25) is 5.91 Å². The summed E-state index contributed by atoms with van der Waals surface area (Å²) in [6.07, 6.45) is 1.22. The SMILES string of the molecule is CCCC(=O)NC(C)c1nnc(-c2ccccc2C2CO2)[nH]c1=O. The van der Waals surface area contributed by atoms with E-state index in [9.17, 15) is 9.59 Å². The monoisotopic (exact) mass is 328 g/mol. The minimum absolute atomic E-state index is 0.0541. The summed E-state index contributed by atoms with van der Waals surface area (Å²) in [6.45, 7) is 4.32. The molecule has 0 spiro atoms. The molecule has 0 bridgehead atoms. The number of hydrogen-bond acceptors (Lipinski definition) is 5. The number of hydrogen-bond donors (Lipinski definition) is 2. The summed E-state index contributed by atoms with van der Waals surface area (Å²) in [5, 5.41) is 10.9. The van der Waals surface area contributed by atoms with E-state index in [-0.39, 0.29) is 23.3 Å². The van der Waals surface area contributed by atoms with E-state index in [4.69, 9.17) is 4.74 Å². The van der Waals surface area contributed by atoms with Crippen LogP contribution in [0.3, 0.4) is 0 Å². The molecule has 2 N–H and O–H groups in total. The van der Waals surface area contributed by atoms with Crippen molar-refractivity contribution in [2.24, 2.45) is 0 Å². The lowest BCUT2D eigenvalue weighted by Gasteiger charge is -2.12. The van der Waals surface area contributed by atoms with Gasteiger partial charge in [-0.3, -0.25) is 9.59 Å². The number of benzene rings is 1. The predicted molar refractivity (Wildman–Crippen MR) is 88.2 cm³/mol. The Morgan fingerprint density at radius 1 is 1.42 bits per heavy atom. The fraction of sp³-hybridized carbons (Fsp3) is 0.412. The first kappa shape index (κ1) is 16.3. The molecule has 0 radical (unpaired) electrons. The fourth-order valence-electron chi connectivity index (χ4n) is 2.58. The second-order valence-corrected chi connectivity index (χ2v) is 5.84. The van der Waals surface area contributed by atoms with E-state index in [0.29, 0.717) is 18.9 Å². The predicted octanol–water partition coefficient (Wildman–Crippen LogP) is 1.88. The first-order valence-electron chi connectivity index (χ1n) is 8.07. The normalized spacial score (nSPS) is 17.3. The molecular formula is C17H20N4O3. The van der Waals surface area contributed by atoms with E-state index < -0.39 is 6.04 Å². The van der Waals surface area contributed by atoms with Crippen molar-refractivity contribution in [3.63, 3.8) is 0 Å². The van der Waals surface area contributed by atoms with Crippen LogP contribution in [0.5, 0.6) is 0 Å². The summed E-state index contributed by atoms with van der Waals surface area (Å²) in [7, 11) is 0. The standard InChI is InChI=1S/C17H20N4O3/c1-3-6-14(22)18-10(2)15-17(23)19-16(21-20-15)12-8-5-4-7-11(12)13-9-24-13/h4-5,7-8,10,13H,3,6,9H2,1-2H3,(H,18,22)(H,19,21,23). The maximum absolute atomic E-state index is 12.4. The number of nitrogens with one attached hydrogen (secondary N) is 2. The third-order valence-corrected chi connectivity index (χ3v) is 3.88. The van der Waals surface area contributed by atoms with E-state index in [2.05, 4.69) is 20.5 Å². The molecule has 24 heavy (non-hydrogen) atoms. The number of epoxide rings is 1. The fourth-order valence-corrected chi connectivity index (χ4v) is 2.58. The molecule has 7 nitrogen and oxygen atoms in total. The van der Waals surface area contributed by atoms with Crippen LogP contribution in [0.4, 0.5) is 0 Å². The van der Waals surface area contributed by atoms with Crippen LogP contribution in [0.25, 0.3) is 11.4 Å². The lowest BCUT2D eigenvalue weighted by molar-refractivity contribution is -0.121. The first-order chi connectivity index (χ1) is 11.6. The number of aromatic amines is 1. The molecule has 0 saturated carbocycles. The Morgan fingerprint density at radius 2 is 2.17 bits per heavy atom. The molecule has 126 valence electrons. The number of aromatic nitrogens is 3. The Hall–Kier alpha value is -2.54. The average molecular weight is 328 g/mol. The number of carbonyl (C=O) groups excluding carboxylic acids is 1. The highest BCUT2D eigenvalue weighted by Gasteiger charge is 2.28. The van der Waals surface area contributed by atoms with Gasteiger partial charge in [0.15, 0.2) is 11.5 Å². The van der Waals surface area contributed by atoms with Gasteiger partial charge in [0.05, 0.1) is 12.6 Å². The van der Waals surface area contributed by atoms with Gasteiger partial charge in [0.25, 0.3) is 5.56 Å². The number of ether oxygens (including phenoxy) is 1. The summed E-state index contributed by atoms with van der Waals surface area (Å²) in [5.41, 5.74) is 1.64. The highest BCUT2D eigenvalue weighted by atomic mass is 16.6. The van der Waals surface area contributed by atoms with Crippen LogP contribution in [-0.2, 0) is 9.53 Å². The van der Waals surface area contributed by atoms with Crippen molar-refractivity contribution in [3.05, 3.63) is 45.9 Å². The summed E-state index contributed by atoms with van der Waals surface area (Å²) in [4.78, 5) is 26.8. The highest BCUT2D eigenvalue weighted by Crippen LogP contribution is 2.35. The largest absolute Gasteiger partial charge is 0.368 e. The second kappa shape index (κ2) is 6.92. The maximum atomic E-state index is 12.4. The number of nitrogens with zero attached hydrogens (tertiary/aromatic N) is 2. The third-order valence-electron chi connectivity index (χ3n) is 3.88. The van der Waals surface area contributed by atoms with Crippen LogP contribution in [0.1, 0.15) is 50.1 Å². The van der Waals surface area contributed by atoms with Gasteiger partial charge in [0.1, 0.15) is 6.10 Å². The van der Waals surface area contributed by atoms with E-state index in [1.54, 1.807) is 6.92 Å². The average Bonchev–Trinajstić information content (AvgIpc) is 3.39. The summed E-state index contributed by atoms with van der Waals surface area (Å²) < 4.78 is 5.33. The van der Waals surface area contributed by atoms with Gasteiger partial charge in [-0.15, -0.1) is 10.2 Å². The van der Waals surface area contributed by atoms with Gasteiger partial charge in [0, 0.05) is 12.0 Å². The third kappa shape index (κ3) is 3.51. The molecule has 2 atom stereocenters. The number of amides is 1. The summed E-state index contributed by atoms with van der Waals surface area (Å²) >= 11 is 0. The van der Waals surface area contributed by atoms with Crippen molar-refractivity contribution in [2.45, 2.75) is 38.8 Å². The maximum Gasteiger partial charge on any atom is 0.275 e. The van der Waals surface area contributed by atoms with Gasteiger partial charge < -0.3 is 15.0 Å². The Balaban J connectivity index is 1.85. The van der Waals surface area contributed by atoms with E-state index in [0.717, 1.165) is 17.5 Å². The van der Waals surface area contributed by atoms with Crippen LogP contribution in [-0.4, -0.2) is 27.7 Å². The Labute approximate surface area is 139 Å². The zero-order chi connectivity index (χ0) is 17.1. The zero-order valence-electron chi connectivity index (χ0n) is 13.7. The molecule has 1 fully saturated rings. The van der Waals surface area contributed by atoms with Crippen molar-refractivity contribution in [1.82, 2.24) is 20.5 Å². The molecule has 1 aliphatic heterocycles. The molecule has 1 amide bonds. The molecule has 1 aromatic carbocycles. The van der Waals surface area contributed by atoms with Crippen molar-refractivity contribution < 1.29 is 9.53 Å². The van der Waals surface area contributed by atoms with Gasteiger partial charge in [-0.2, -0.15) is 0 Å². The minimum Gasteiger partial charge on any atom is -0.368 e. The molecule has 2 aromatic rings. The van der Waals surface area contributed by atoms with Crippen molar-refractivity contribution >= 4 is 5.91 Å². The van der Waals surface area contributed by atoms with E-state index in [1.807, 2.05) is 31.2 Å². The Morgan fingerprint density at radius 3 is 2.83 bits per heavy atom. The smallest absolute Gasteiger partial charge is 0.275 e. The highest BCUT2D eigenvalue weighted by molar-refractivity contribution is 5.76. The molecule has 3 rings (SSSR count). The summed E-state index contributed by atoms with van der Waals surface area (Å²) in [5.74, 6) is 0.299. The molecule has 0 aliphatic carbocycles. The molecule has 7 heteroatoms. The molecule has 2 heterocycles. The van der Waals surface area contributed by atoms with Crippen molar-refractivity contribution in [1.29, 1.82) is 0 Å². The van der Waals surface area contributed by atoms with Crippen LogP contribution in [0, 0.1) is 0 Å². The summed E-state index contributed by atoms with van der Waals surface area (Å²) in [6, 6.07) is 7.14. The zero-order valence-corrected chi connectivity index (χ0v) is 13.7. The van der Waals surface area contributed by atoms with Crippen LogP contribution in [0.2, 0.25) is 0 Å². The topological polar surface area (TPSA) is 100 Å².